The summed E-state index contributed by atoms with van der Waals surface area (Å²) >= 11 is 0. The van der Waals surface area contributed by atoms with Crippen LogP contribution in [0, 0.1) is 5.92 Å². The summed E-state index contributed by atoms with van der Waals surface area (Å²) in [5, 5.41) is 32.4. The van der Waals surface area contributed by atoms with Crippen molar-refractivity contribution in [3.63, 3.8) is 0 Å². The Morgan fingerprint density at radius 2 is 1.80 bits per heavy atom. The van der Waals surface area contributed by atoms with Crippen molar-refractivity contribution in [3.8, 4) is 11.5 Å². The highest BCUT2D eigenvalue weighted by molar-refractivity contribution is 5.40. The third-order valence-corrected chi connectivity index (χ3v) is 3.45. The van der Waals surface area contributed by atoms with E-state index in [1.807, 2.05) is 0 Å². The van der Waals surface area contributed by atoms with Gasteiger partial charge in [0.2, 0.25) is 0 Å². The molecule has 0 aliphatic carbocycles. The molecule has 0 spiro atoms. The number of aliphatic hydroxyl groups excluding tert-OH is 1. The monoisotopic (exact) mass is 281 g/mol. The molecule has 0 saturated heterocycles. The van der Waals surface area contributed by atoms with E-state index in [0.29, 0.717) is 18.2 Å². The first kappa shape index (κ1) is 16.8. The van der Waals surface area contributed by atoms with Crippen LogP contribution in [0.4, 0.5) is 0 Å². The number of hydrogen-bond donors (Lipinski definition) is 4. The normalized spacial score (nSPS) is 14.4. The molecule has 0 fully saturated rings. The summed E-state index contributed by atoms with van der Waals surface area (Å²) in [6, 6.07) is 4.50. The molecule has 0 bridgehead atoms. The van der Waals surface area contributed by atoms with Crippen molar-refractivity contribution in [1.82, 2.24) is 5.32 Å². The minimum atomic E-state index is -0.824. The fraction of sp³-hybridized carbons (Fsp3) is 0.625. The molecule has 4 nitrogen and oxygen atoms in total. The van der Waals surface area contributed by atoms with Gasteiger partial charge in [0, 0.05) is 18.2 Å². The van der Waals surface area contributed by atoms with Crippen LogP contribution in [0.15, 0.2) is 18.2 Å². The van der Waals surface area contributed by atoms with Crippen LogP contribution in [0.5, 0.6) is 11.5 Å². The maximum Gasteiger partial charge on any atom is 0.121 e. The van der Waals surface area contributed by atoms with E-state index in [2.05, 4.69) is 26.1 Å². The largest absolute Gasteiger partial charge is 0.508 e. The second-order valence-corrected chi connectivity index (χ2v) is 5.89. The molecule has 4 N–H and O–H groups in total. The molecule has 0 heterocycles. The lowest BCUT2D eigenvalue weighted by Gasteiger charge is -2.18. The average Bonchev–Trinajstić information content (AvgIpc) is 2.38. The number of rotatable bonds is 8. The first-order chi connectivity index (χ1) is 9.40. The third kappa shape index (κ3) is 5.80. The van der Waals surface area contributed by atoms with Crippen LogP contribution in [0.25, 0.3) is 0 Å². The van der Waals surface area contributed by atoms with Gasteiger partial charge in [-0.3, -0.25) is 0 Å². The van der Waals surface area contributed by atoms with Crippen molar-refractivity contribution in [3.05, 3.63) is 23.8 Å². The van der Waals surface area contributed by atoms with Crippen LogP contribution >= 0.6 is 0 Å². The minimum absolute atomic E-state index is 0.00422. The fourth-order valence-electron chi connectivity index (χ4n) is 2.17. The maximum atomic E-state index is 10.1. The van der Waals surface area contributed by atoms with E-state index in [-0.39, 0.29) is 11.5 Å². The molecule has 0 aromatic heterocycles. The number of phenols is 2. The molecule has 1 aromatic rings. The second-order valence-electron chi connectivity index (χ2n) is 5.89. The predicted molar refractivity (Wildman–Crippen MR) is 80.9 cm³/mol. The van der Waals surface area contributed by atoms with Gasteiger partial charge in [0.1, 0.15) is 11.5 Å². The van der Waals surface area contributed by atoms with Crippen molar-refractivity contribution in [2.45, 2.75) is 52.2 Å². The number of phenolic OH excluding ortho intramolecular Hbond substituents is 2. The van der Waals surface area contributed by atoms with Gasteiger partial charge in [0.25, 0.3) is 0 Å². The van der Waals surface area contributed by atoms with Gasteiger partial charge >= 0.3 is 0 Å². The van der Waals surface area contributed by atoms with Crippen LogP contribution in [-0.2, 0) is 0 Å². The predicted octanol–water partition coefficient (Wildman–Crippen LogP) is 2.94. The van der Waals surface area contributed by atoms with Crippen LogP contribution in [0.3, 0.4) is 0 Å². The van der Waals surface area contributed by atoms with Gasteiger partial charge in [-0.1, -0.05) is 26.7 Å². The Hall–Kier alpha value is -1.26. The van der Waals surface area contributed by atoms with E-state index in [1.54, 1.807) is 0 Å². The molecular formula is C16H27NO3. The zero-order chi connectivity index (χ0) is 15.1. The summed E-state index contributed by atoms with van der Waals surface area (Å²) in [5.41, 5.74) is 0.354. The standard InChI is InChI=1S/C16H27NO3/c1-11(2)5-4-6-12(3)17-10-16(20)14-9-13(18)7-8-15(14)19/h7-9,11-12,16-20H,4-6,10H2,1-3H3. The first-order valence-corrected chi connectivity index (χ1v) is 7.33. The van der Waals surface area contributed by atoms with Gasteiger partial charge in [-0.25, -0.2) is 0 Å². The summed E-state index contributed by atoms with van der Waals surface area (Å²) in [4.78, 5) is 0. The smallest absolute Gasteiger partial charge is 0.121 e. The fourth-order valence-corrected chi connectivity index (χ4v) is 2.17. The Balaban J connectivity index is 2.38. The quantitative estimate of drug-likeness (QED) is 0.553. The SMILES string of the molecule is CC(C)CCCC(C)NCC(O)c1cc(O)ccc1O. The highest BCUT2D eigenvalue weighted by Gasteiger charge is 2.14. The Morgan fingerprint density at radius 3 is 2.45 bits per heavy atom. The second kappa shape index (κ2) is 8.12. The zero-order valence-corrected chi connectivity index (χ0v) is 12.6. The van der Waals surface area contributed by atoms with Gasteiger partial charge in [0.05, 0.1) is 6.10 Å². The van der Waals surface area contributed by atoms with Gasteiger partial charge in [0.15, 0.2) is 0 Å². The van der Waals surface area contributed by atoms with Crippen LogP contribution in [-0.4, -0.2) is 27.9 Å². The van der Waals surface area contributed by atoms with E-state index in [1.165, 1.54) is 31.0 Å². The lowest BCUT2D eigenvalue weighted by Crippen LogP contribution is -2.30. The van der Waals surface area contributed by atoms with E-state index in [4.69, 9.17) is 0 Å². The van der Waals surface area contributed by atoms with Crippen molar-refractivity contribution in [2.24, 2.45) is 5.92 Å². The number of nitrogens with one attached hydrogen (secondary N) is 1. The van der Waals surface area contributed by atoms with Crippen LogP contribution in [0.1, 0.15) is 51.7 Å². The molecule has 1 aromatic carbocycles. The summed E-state index contributed by atoms with van der Waals surface area (Å²) < 4.78 is 0. The van der Waals surface area contributed by atoms with Gasteiger partial charge in [-0.2, -0.15) is 0 Å². The van der Waals surface area contributed by atoms with Gasteiger partial charge in [-0.05, 0) is 37.5 Å². The minimum Gasteiger partial charge on any atom is -0.508 e. The topological polar surface area (TPSA) is 72.7 Å². The molecule has 0 radical (unpaired) electrons. The number of aliphatic hydroxyl groups is 1. The summed E-state index contributed by atoms with van der Waals surface area (Å²) in [6.45, 7) is 6.88. The Kier molecular flexibility index (Phi) is 6.82. The molecular weight excluding hydrogens is 254 g/mol. The number of aromatic hydroxyl groups is 2. The molecule has 0 aliphatic heterocycles. The highest BCUT2D eigenvalue weighted by Crippen LogP contribution is 2.27. The maximum absolute atomic E-state index is 10.1. The molecule has 0 saturated carbocycles. The lowest BCUT2D eigenvalue weighted by atomic mass is 10.0. The van der Waals surface area contributed by atoms with Crippen LogP contribution < -0.4 is 5.32 Å². The first-order valence-electron chi connectivity index (χ1n) is 7.33. The molecule has 2 unspecified atom stereocenters. The van der Waals surface area contributed by atoms with Crippen molar-refractivity contribution < 1.29 is 15.3 Å². The number of benzene rings is 1. The average molecular weight is 281 g/mol. The molecule has 20 heavy (non-hydrogen) atoms. The Bertz CT molecular complexity index is 407. The third-order valence-electron chi connectivity index (χ3n) is 3.45. The molecule has 0 amide bonds. The Labute approximate surface area is 121 Å². The van der Waals surface area contributed by atoms with Gasteiger partial charge < -0.3 is 20.6 Å². The van der Waals surface area contributed by atoms with E-state index < -0.39 is 6.10 Å². The van der Waals surface area contributed by atoms with E-state index in [0.717, 1.165) is 12.3 Å². The summed E-state index contributed by atoms with van der Waals surface area (Å²) in [7, 11) is 0. The lowest BCUT2D eigenvalue weighted by molar-refractivity contribution is 0.165. The zero-order valence-electron chi connectivity index (χ0n) is 12.6. The summed E-state index contributed by atoms with van der Waals surface area (Å²) in [6.07, 6.45) is 2.62. The van der Waals surface area contributed by atoms with Crippen molar-refractivity contribution in [2.75, 3.05) is 6.54 Å². The van der Waals surface area contributed by atoms with E-state index >= 15 is 0 Å². The van der Waals surface area contributed by atoms with Gasteiger partial charge in [-0.15, -0.1) is 0 Å². The van der Waals surface area contributed by atoms with Crippen molar-refractivity contribution >= 4 is 0 Å². The summed E-state index contributed by atoms with van der Waals surface area (Å²) in [5.74, 6) is 0.767. The van der Waals surface area contributed by atoms with E-state index in [9.17, 15) is 15.3 Å². The molecule has 0 aliphatic rings. The van der Waals surface area contributed by atoms with Crippen molar-refractivity contribution in [1.29, 1.82) is 0 Å². The highest BCUT2D eigenvalue weighted by atomic mass is 16.3. The number of hydrogen-bond acceptors (Lipinski definition) is 4. The van der Waals surface area contributed by atoms with Crippen LogP contribution in [0.2, 0.25) is 0 Å². The molecule has 114 valence electrons. The molecule has 4 heteroatoms. The molecule has 2 atom stereocenters. The molecule has 1 rings (SSSR count). The Morgan fingerprint density at radius 1 is 1.10 bits per heavy atom.